The minimum atomic E-state index is 0.220. The molecule has 150 valence electrons. The maximum Gasteiger partial charge on any atom is 0.226 e. The molecule has 0 radical (unpaired) electrons. The van der Waals surface area contributed by atoms with Crippen molar-refractivity contribution >= 4 is 5.91 Å². The lowest BCUT2D eigenvalue weighted by Crippen LogP contribution is -2.41. The van der Waals surface area contributed by atoms with Gasteiger partial charge >= 0.3 is 0 Å². The zero-order valence-electron chi connectivity index (χ0n) is 17.1. The summed E-state index contributed by atoms with van der Waals surface area (Å²) in [5.41, 5.74) is 3.43. The molecule has 0 bridgehead atoms. The summed E-state index contributed by atoms with van der Waals surface area (Å²) < 4.78 is 5.96. The van der Waals surface area contributed by atoms with Crippen LogP contribution in [0.1, 0.15) is 36.5 Å². The van der Waals surface area contributed by atoms with Gasteiger partial charge in [0.25, 0.3) is 0 Å². The van der Waals surface area contributed by atoms with Crippen molar-refractivity contribution in [1.29, 1.82) is 0 Å². The van der Waals surface area contributed by atoms with E-state index in [1.165, 1.54) is 11.1 Å². The van der Waals surface area contributed by atoms with Crippen LogP contribution in [0.3, 0.4) is 0 Å². The molecule has 0 unspecified atom stereocenters. The first-order chi connectivity index (χ1) is 13.7. The molecule has 1 fully saturated rings. The molecule has 0 saturated carbocycles. The van der Waals surface area contributed by atoms with Gasteiger partial charge in [0.1, 0.15) is 12.4 Å². The maximum atomic E-state index is 12.7. The fourth-order valence-corrected chi connectivity index (χ4v) is 3.70. The van der Waals surface area contributed by atoms with E-state index in [-0.39, 0.29) is 5.91 Å². The Morgan fingerprint density at radius 1 is 1.14 bits per heavy atom. The second-order valence-corrected chi connectivity index (χ2v) is 7.67. The number of hydrogen-bond donors (Lipinski definition) is 1. The highest BCUT2D eigenvalue weighted by Gasteiger charge is 2.22. The topological polar surface area (TPSA) is 41.6 Å². The Morgan fingerprint density at radius 3 is 2.68 bits per heavy atom. The smallest absolute Gasteiger partial charge is 0.226 e. The van der Waals surface area contributed by atoms with Gasteiger partial charge < -0.3 is 15.0 Å². The van der Waals surface area contributed by atoms with E-state index in [4.69, 9.17) is 4.74 Å². The van der Waals surface area contributed by atoms with Gasteiger partial charge in [-0.25, -0.2) is 0 Å². The van der Waals surface area contributed by atoms with Crippen LogP contribution in [0.2, 0.25) is 0 Å². The minimum absolute atomic E-state index is 0.220. The Hall–Kier alpha value is -2.33. The third kappa shape index (κ3) is 5.83. The summed E-state index contributed by atoms with van der Waals surface area (Å²) >= 11 is 0. The van der Waals surface area contributed by atoms with E-state index in [0.29, 0.717) is 18.9 Å². The first-order valence-corrected chi connectivity index (χ1v) is 10.4. The summed E-state index contributed by atoms with van der Waals surface area (Å²) in [4.78, 5) is 14.7. The normalized spacial score (nSPS) is 14.9. The summed E-state index contributed by atoms with van der Waals surface area (Å²) in [6.45, 7) is 8.60. The summed E-state index contributed by atoms with van der Waals surface area (Å²) in [5.74, 6) is 1.73. The lowest BCUT2D eigenvalue weighted by Gasteiger charge is -2.32. The Balaban J connectivity index is 1.50. The molecule has 0 spiro atoms. The molecule has 1 aliphatic rings. The molecule has 1 aliphatic heterocycles. The number of rotatable bonds is 8. The Kier molecular flexibility index (Phi) is 7.49. The lowest BCUT2D eigenvalue weighted by atomic mass is 9.96. The largest absolute Gasteiger partial charge is 0.489 e. The van der Waals surface area contributed by atoms with E-state index in [1.807, 2.05) is 41.3 Å². The zero-order chi connectivity index (χ0) is 19.8. The number of amides is 1. The highest BCUT2D eigenvalue weighted by atomic mass is 16.5. The van der Waals surface area contributed by atoms with Gasteiger partial charge in [0, 0.05) is 13.1 Å². The number of ether oxygens (including phenoxy) is 1. The van der Waals surface area contributed by atoms with E-state index < -0.39 is 0 Å². The fraction of sp³-hybridized carbons (Fsp3) is 0.458. The van der Waals surface area contributed by atoms with Crippen LogP contribution >= 0.6 is 0 Å². The molecule has 3 rings (SSSR count). The van der Waals surface area contributed by atoms with Gasteiger partial charge in [-0.2, -0.15) is 0 Å². The first-order valence-electron chi connectivity index (χ1n) is 10.4. The van der Waals surface area contributed by atoms with Crippen molar-refractivity contribution in [3.63, 3.8) is 0 Å². The standard InChI is InChI=1S/C24H32N2O2/c1-3-25-17-20-11-13-26(14-12-20)24(27)16-21-8-6-10-23(15-21)28-18-22-9-5-4-7-19(22)2/h4-10,15,20,25H,3,11-14,16-18H2,1-2H3. The number of piperidine rings is 1. The highest BCUT2D eigenvalue weighted by molar-refractivity contribution is 5.79. The van der Waals surface area contributed by atoms with Crippen LogP contribution in [-0.2, 0) is 17.8 Å². The SMILES string of the molecule is CCNCC1CCN(C(=O)Cc2cccc(OCc3ccccc3C)c2)CC1. The molecular weight excluding hydrogens is 348 g/mol. The highest BCUT2D eigenvalue weighted by Crippen LogP contribution is 2.20. The molecule has 1 heterocycles. The maximum absolute atomic E-state index is 12.7. The number of nitrogens with one attached hydrogen (secondary N) is 1. The van der Waals surface area contributed by atoms with Crippen LogP contribution in [0, 0.1) is 12.8 Å². The number of aryl methyl sites for hydroxylation is 1. The van der Waals surface area contributed by atoms with Crippen LogP contribution < -0.4 is 10.1 Å². The molecule has 2 aromatic carbocycles. The number of hydrogen-bond acceptors (Lipinski definition) is 3. The number of carbonyl (C=O) groups excluding carboxylic acids is 1. The Bertz CT molecular complexity index is 767. The molecule has 1 amide bonds. The van der Waals surface area contributed by atoms with Gasteiger partial charge in [-0.05, 0) is 67.6 Å². The van der Waals surface area contributed by atoms with Gasteiger partial charge in [0.15, 0.2) is 0 Å². The monoisotopic (exact) mass is 380 g/mol. The van der Waals surface area contributed by atoms with Crippen molar-refractivity contribution in [2.45, 2.75) is 39.7 Å². The Labute approximate surface area is 168 Å². The van der Waals surface area contributed by atoms with Crippen molar-refractivity contribution in [3.8, 4) is 5.75 Å². The van der Waals surface area contributed by atoms with Crippen molar-refractivity contribution in [3.05, 3.63) is 65.2 Å². The Morgan fingerprint density at radius 2 is 1.93 bits per heavy atom. The number of likely N-dealkylation sites (tertiary alicyclic amines) is 1. The molecular formula is C24H32N2O2. The van der Waals surface area contributed by atoms with Crippen LogP contribution in [-0.4, -0.2) is 37.0 Å². The molecule has 1 N–H and O–H groups in total. The van der Waals surface area contributed by atoms with Crippen LogP contribution in [0.4, 0.5) is 0 Å². The second-order valence-electron chi connectivity index (χ2n) is 7.67. The van der Waals surface area contributed by atoms with Crippen molar-refractivity contribution < 1.29 is 9.53 Å². The van der Waals surface area contributed by atoms with E-state index >= 15 is 0 Å². The van der Waals surface area contributed by atoms with E-state index in [9.17, 15) is 4.79 Å². The van der Waals surface area contributed by atoms with E-state index in [0.717, 1.165) is 50.3 Å². The lowest BCUT2D eigenvalue weighted by molar-refractivity contribution is -0.131. The van der Waals surface area contributed by atoms with Gasteiger partial charge in [0.05, 0.1) is 6.42 Å². The van der Waals surface area contributed by atoms with Crippen LogP contribution in [0.5, 0.6) is 5.75 Å². The van der Waals surface area contributed by atoms with Gasteiger partial charge in [-0.3, -0.25) is 4.79 Å². The van der Waals surface area contributed by atoms with Gasteiger partial charge in [-0.15, -0.1) is 0 Å². The quantitative estimate of drug-likeness (QED) is 0.754. The molecule has 1 saturated heterocycles. The van der Waals surface area contributed by atoms with E-state index in [2.05, 4.69) is 31.3 Å². The fourth-order valence-electron chi connectivity index (χ4n) is 3.70. The number of benzene rings is 2. The average Bonchev–Trinajstić information content (AvgIpc) is 2.72. The molecule has 0 atom stereocenters. The molecule has 28 heavy (non-hydrogen) atoms. The molecule has 4 nitrogen and oxygen atoms in total. The minimum Gasteiger partial charge on any atom is -0.489 e. The predicted molar refractivity (Wildman–Crippen MR) is 114 cm³/mol. The average molecular weight is 381 g/mol. The summed E-state index contributed by atoms with van der Waals surface area (Å²) in [6.07, 6.45) is 2.63. The van der Waals surface area contributed by atoms with Crippen molar-refractivity contribution in [1.82, 2.24) is 10.2 Å². The number of carbonyl (C=O) groups is 1. The molecule has 0 aromatic heterocycles. The summed E-state index contributed by atoms with van der Waals surface area (Å²) in [6, 6.07) is 16.2. The van der Waals surface area contributed by atoms with Crippen LogP contribution in [0.25, 0.3) is 0 Å². The molecule has 0 aliphatic carbocycles. The van der Waals surface area contributed by atoms with Gasteiger partial charge in [0.2, 0.25) is 5.91 Å². The van der Waals surface area contributed by atoms with Crippen molar-refractivity contribution in [2.75, 3.05) is 26.2 Å². The third-order valence-corrected chi connectivity index (χ3v) is 5.56. The molecule has 4 heteroatoms. The summed E-state index contributed by atoms with van der Waals surface area (Å²) in [5, 5.41) is 3.42. The summed E-state index contributed by atoms with van der Waals surface area (Å²) in [7, 11) is 0. The second kappa shape index (κ2) is 10.3. The van der Waals surface area contributed by atoms with E-state index in [1.54, 1.807) is 0 Å². The zero-order valence-corrected chi connectivity index (χ0v) is 17.1. The van der Waals surface area contributed by atoms with Gasteiger partial charge in [-0.1, -0.05) is 43.3 Å². The predicted octanol–water partition coefficient (Wildman–Crippen LogP) is 3.96. The number of nitrogens with zero attached hydrogens (tertiary/aromatic N) is 1. The van der Waals surface area contributed by atoms with Crippen LogP contribution in [0.15, 0.2) is 48.5 Å². The third-order valence-electron chi connectivity index (χ3n) is 5.56. The molecule has 2 aromatic rings. The first kappa shape index (κ1) is 20.4. The van der Waals surface area contributed by atoms with Crippen molar-refractivity contribution in [2.24, 2.45) is 5.92 Å².